The molecule has 0 radical (unpaired) electrons. The van der Waals surface area contributed by atoms with Crippen LogP contribution < -0.4 is 5.32 Å². The second-order valence-electron chi connectivity index (χ2n) is 5.28. The van der Waals surface area contributed by atoms with Crippen LogP contribution in [0, 0.1) is 0 Å². The molecule has 0 fully saturated rings. The molecule has 102 valence electrons. The van der Waals surface area contributed by atoms with Crippen LogP contribution >= 0.6 is 0 Å². The molecule has 0 amide bonds. The highest BCUT2D eigenvalue weighted by Gasteiger charge is 2.07. The van der Waals surface area contributed by atoms with Gasteiger partial charge in [-0.05, 0) is 40.1 Å². The lowest BCUT2D eigenvalue weighted by Gasteiger charge is -2.13. The normalized spacial score (nSPS) is 12.9. The van der Waals surface area contributed by atoms with E-state index in [0.29, 0.717) is 6.54 Å². The van der Waals surface area contributed by atoms with Crippen molar-refractivity contribution in [1.82, 2.24) is 5.32 Å². The minimum atomic E-state index is -0.323. The van der Waals surface area contributed by atoms with Gasteiger partial charge in [-0.15, -0.1) is 0 Å². The first kappa shape index (κ1) is 13.1. The molecule has 1 atom stereocenters. The number of hydrogen-bond donors (Lipinski definition) is 2. The first-order chi connectivity index (χ1) is 9.75. The second kappa shape index (κ2) is 5.61. The zero-order chi connectivity index (χ0) is 13.9. The van der Waals surface area contributed by atoms with Crippen molar-refractivity contribution in [3.05, 3.63) is 60.2 Å². The Bertz CT molecular complexity index is 680. The molecule has 3 aromatic rings. The van der Waals surface area contributed by atoms with E-state index >= 15 is 0 Å². The Morgan fingerprint density at radius 3 is 2.05 bits per heavy atom. The Balaban J connectivity index is 2.12. The fraction of sp³-hybridized carbons (Fsp3) is 0.222. The van der Waals surface area contributed by atoms with Crippen molar-refractivity contribution in [3.63, 3.8) is 0 Å². The molecule has 20 heavy (non-hydrogen) atoms. The Morgan fingerprint density at radius 2 is 1.50 bits per heavy atom. The van der Waals surface area contributed by atoms with Crippen molar-refractivity contribution in [1.29, 1.82) is 0 Å². The van der Waals surface area contributed by atoms with E-state index < -0.39 is 0 Å². The third-order valence-corrected chi connectivity index (χ3v) is 3.62. The summed E-state index contributed by atoms with van der Waals surface area (Å²) in [6.07, 6.45) is -0.323. The summed E-state index contributed by atoms with van der Waals surface area (Å²) in [5.41, 5.74) is 1.30. The first-order valence-electron chi connectivity index (χ1n) is 7.04. The fourth-order valence-corrected chi connectivity index (χ4v) is 2.70. The van der Waals surface area contributed by atoms with Crippen molar-refractivity contribution < 1.29 is 5.11 Å². The summed E-state index contributed by atoms with van der Waals surface area (Å²) in [4.78, 5) is 0. The summed E-state index contributed by atoms with van der Waals surface area (Å²) >= 11 is 0. The summed E-state index contributed by atoms with van der Waals surface area (Å²) in [5.74, 6) is 0. The summed E-state index contributed by atoms with van der Waals surface area (Å²) in [6.45, 7) is 3.18. The lowest BCUT2D eigenvalue weighted by atomic mass is 9.97. The molecule has 0 aliphatic carbocycles. The van der Waals surface area contributed by atoms with Crippen LogP contribution in [0.1, 0.15) is 12.5 Å². The molecular weight excluding hydrogens is 246 g/mol. The maximum atomic E-state index is 9.39. The van der Waals surface area contributed by atoms with Crippen LogP contribution in [0.2, 0.25) is 0 Å². The number of nitrogens with one attached hydrogen (secondary N) is 1. The van der Waals surface area contributed by atoms with Gasteiger partial charge in [-0.1, -0.05) is 48.5 Å². The molecule has 0 bridgehead atoms. The van der Waals surface area contributed by atoms with E-state index in [1.807, 2.05) is 0 Å². The standard InChI is InChI=1S/C18H19NO/c1-13(20)11-19-12-18-16-8-4-2-6-14(16)10-15-7-3-5-9-17(15)18/h2-10,13,19-20H,11-12H2,1H3. The number of aliphatic hydroxyl groups is 1. The van der Waals surface area contributed by atoms with Crippen LogP contribution in [-0.2, 0) is 6.54 Å². The van der Waals surface area contributed by atoms with Gasteiger partial charge in [-0.25, -0.2) is 0 Å². The quantitative estimate of drug-likeness (QED) is 0.708. The number of hydrogen-bond acceptors (Lipinski definition) is 2. The summed E-state index contributed by atoms with van der Waals surface area (Å²) in [7, 11) is 0. The largest absolute Gasteiger partial charge is 0.392 e. The van der Waals surface area contributed by atoms with Crippen LogP contribution in [-0.4, -0.2) is 17.8 Å². The molecule has 2 heteroatoms. The predicted molar refractivity (Wildman–Crippen MR) is 84.8 cm³/mol. The Labute approximate surface area is 119 Å². The van der Waals surface area contributed by atoms with E-state index in [4.69, 9.17) is 0 Å². The van der Waals surface area contributed by atoms with Crippen LogP contribution in [0.25, 0.3) is 21.5 Å². The lowest BCUT2D eigenvalue weighted by molar-refractivity contribution is 0.191. The molecule has 0 saturated carbocycles. The number of aliphatic hydroxyl groups excluding tert-OH is 1. The molecule has 0 aliphatic rings. The van der Waals surface area contributed by atoms with Crippen molar-refractivity contribution in [2.45, 2.75) is 19.6 Å². The molecule has 0 aliphatic heterocycles. The number of fused-ring (bicyclic) bond motifs is 2. The van der Waals surface area contributed by atoms with Crippen LogP contribution in [0.4, 0.5) is 0 Å². The number of benzene rings is 3. The molecule has 2 nitrogen and oxygen atoms in total. The molecule has 3 rings (SSSR count). The maximum Gasteiger partial charge on any atom is 0.0636 e. The van der Waals surface area contributed by atoms with E-state index in [-0.39, 0.29) is 6.10 Å². The van der Waals surface area contributed by atoms with Gasteiger partial charge in [-0.3, -0.25) is 0 Å². The highest BCUT2D eigenvalue weighted by Crippen LogP contribution is 2.28. The number of rotatable bonds is 4. The minimum Gasteiger partial charge on any atom is -0.392 e. The molecule has 0 saturated heterocycles. The Hall–Kier alpha value is -1.90. The minimum absolute atomic E-state index is 0.323. The second-order valence-corrected chi connectivity index (χ2v) is 5.28. The van der Waals surface area contributed by atoms with Crippen LogP contribution in [0.5, 0.6) is 0 Å². The molecule has 0 aromatic heterocycles. The maximum absolute atomic E-state index is 9.39. The predicted octanol–water partition coefficient (Wildman–Crippen LogP) is 3.46. The topological polar surface area (TPSA) is 32.3 Å². The summed E-state index contributed by atoms with van der Waals surface area (Å²) in [6, 6.07) is 19.2. The highest BCUT2D eigenvalue weighted by atomic mass is 16.3. The third-order valence-electron chi connectivity index (χ3n) is 3.62. The molecule has 2 N–H and O–H groups in total. The van der Waals surface area contributed by atoms with Crippen molar-refractivity contribution in [2.24, 2.45) is 0 Å². The van der Waals surface area contributed by atoms with Gasteiger partial charge in [0.05, 0.1) is 6.10 Å². The summed E-state index contributed by atoms with van der Waals surface area (Å²) < 4.78 is 0. The van der Waals surface area contributed by atoms with E-state index in [1.54, 1.807) is 6.92 Å². The average molecular weight is 265 g/mol. The Morgan fingerprint density at radius 1 is 0.950 bits per heavy atom. The SMILES string of the molecule is CC(O)CNCc1c2ccccc2cc2ccccc12. The van der Waals surface area contributed by atoms with Gasteiger partial charge < -0.3 is 10.4 Å². The first-order valence-corrected chi connectivity index (χ1v) is 7.04. The van der Waals surface area contributed by atoms with Crippen molar-refractivity contribution >= 4 is 21.5 Å². The zero-order valence-corrected chi connectivity index (χ0v) is 11.6. The van der Waals surface area contributed by atoms with Gasteiger partial charge in [0.25, 0.3) is 0 Å². The summed E-state index contributed by atoms with van der Waals surface area (Å²) in [5, 5.41) is 17.8. The third kappa shape index (κ3) is 2.53. The van der Waals surface area contributed by atoms with Crippen molar-refractivity contribution in [3.8, 4) is 0 Å². The zero-order valence-electron chi connectivity index (χ0n) is 11.6. The van der Waals surface area contributed by atoms with Crippen molar-refractivity contribution in [2.75, 3.05) is 6.54 Å². The average Bonchev–Trinajstić information content (AvgIpc) is 2.46. The van der Waals surface area contributed by atoms with Crippen LogP contribution in [0.15, 0.2) is 54.6 Å². The highest BCUT2D eigenvalue weighted by molar-refractivity contribution is 6.02. The van der Waals surface area contributed by atoms with Crippen LogP contribution in [0.3, 0.4) is 0 Å². The fourth-order valence-electron chi connectivity index (χ4n) is 2.70. The van der Waals surface area contributed by atoms with Gasteiger partial charge in [0.2, 0.25) is 0 Å². The monoisotopic (exact) mass is 265 g/mol. The van der Waals surface area contributed by atoms with Gasteiger partial charge in [0.15, 0.2) is 0 Å². The molecule has 1 unspecified atom stereocenters. The van der Waals surface area contributed by atoms with E-state index in [0.717, 1.165) is 6.54 Å². The molecule has 3 aromatic carbocycles. The smallest absolute Gasteiger partial charge is 0.0636 e. The van der Waals surface area contributed by atoms with Gasteiger partial charge in [0, 0.05) is 13.1 Å². The van der Waals surface area contributed by atoms with E-state index in [1.165, 1.54) is 27.1 Å². The molecular formula is C18H19NO. The van der Waals surface area contributed by atoms with Gasteiger partial charge >= 0.3 is 0 Å². The Kier molecular flexibility index (Phi) is 3.68. The molecule has 0 heterocycles. The van der Waals surface area contributed by atoms with E-state index in [2.05, 4.69) is 59.9 Å². The van der Waals surface area contributed by atoms with Gasteiger partial charge in [-0.2, -0.15) is 0 Å². The van der Waals surface area contributed by atoms with E-state index in [9.17, 15) is 5.11 Å². The lowest BCUT2D eigenvalue weighted by Crippen LogP contribution is -2.24. The molecule has 0 spiro atoms. The van der Waals surface area contributed by atoms with Gasteiger partial charge in [0.1, 0.15) is 0 Å².